The van der Waals surface area contributed by atoms with E-state index in [1.54, 1.807) is 0 Å². The summed E-state index contributed by atoms with van der Waals surface area (Å²) in [4.78, 5) is 6.82. The van der Waals surface area contributed by atoms with Crippen LogP contribution in [0.3, 0.4) is 0 Å². The number of hydrogen-bond acceptors (Lipinski definition) is 4. The number of morpholine rings is 1. The first-order chi connectivity index (χ1) is 10.8. The maximum Gasteiger partial charge on any atom is 0.191 e. The van der Waals surface area contributed by atoms with E-state index in [1.807, 2.05) is 7.05 Å². The van der Waals surface area contributed by atoms with Crippen molar-refractivity contribution in [1.82, 2.24) is 15.5 Å². The minimum atomic E-state index is 0. The number of nitrogens with one attached hydrogen (secondary N) is 2. The van der Waals surface area contributed by atoms with Gasteiger partial charge in [-0.3, -0.25) is 9.89 Å². The molecule has 3 heterocycles. The first kappa shape index (κ1) is 19.2. The van der Waals surface area contributed by atoms with E-state index in [0.717, 1.165) is 45.2 Å². The van der Waals surface area contributed by atoms with Crippen LogP contribution in [0.5, 0.6) is 0 Å². The highest BCUT2D eigenvalue weighted by atomic mass is 127. The van der Waals surface area contributed by atoms with E-state index in [1.165, 1.54) is 32.2 Å². The summed E-state index contributed by atoms with van der Waals surface area (Å²) in [6.07, 6.45) is 6.82. The van der Waals surface area contributed by atoms with Crippen LogP contribution in [0.4, 0.5) is 0 Å². The number of nitrogens with zero attached hydrogens (tertiary/aromatic N) is 2. The molecule has 0 saturated carbocycles. The van der Waals surface area contributed by atoms with Gasteiger partial charge in [-0.1, -0.05) is 0 Å². The molecule has 3 aliphatic rings. The molecule has 3 rings (SSSR count). The van der Waals surface area contributed by atoms with E-state index < -0.39 is 0 Å². The molecule has 0 spiro atoms. The van der Waals surface area contributed by atoms with Gasteiger partial charge in [-0.2, -0.15) is 0 Å². The zero-order valence-corrected chi connectivity index (χ0v) is 16.5. The molecule has 3 atom stereocenters. The Hall–Kier alpha value is -0.120. The molecule has 0 aromatic heterocycles. The van der Waals surface area contributed by atoms with E-state index in [4.69, 9.17) is 9.47 Å². The molecule has 134 valence electrons. The van der Waals surface area contributed by atoms with Crippen LogP contribution in [-0.4, -0.2) is 75.5 Å². The first-order valence-electron chi connectivity index (χ1n) is 8.78. The van der Waals surface area contributed by atoms with E-state index in [-0.39, 0.29) is 24.0 Å². The van der Waals surface area contributed by atoms with Crippen LogP contribution >= 0.6 is 24.0 Å². The topological polar surface area (TPSA) is 58.1 Å². The van der Waals surface area contributed by atoms with Gasteiger partial charge in [0.15, 0.2) is 5.96 Å². The van der Waals surface area contributed by atoms with Crippen molar-refractivity contribution in [3.8, 4) is 0 Å². The van der Waals surface area contributed by atoms with Crippen LogP contribution in [0.25, 0.3) is 0 Å². The second kappa shape index (κ2) is 10.0. The van der Waals surface area contributed by atoms with Crippen molar-refractivity contribution in [2.24, 2.45) is 4.99 Å². The Morgan fingerprint density at radius 3 is 2.70 bits per heavy atom. The van der Waals surface area contributed by atoms with Crippen LogP contribution in [0.15, 0.2) is 4.99 Å². The average Bonchev–Trinajstić information content (AvgIpc) is 3.17. The van der Waals surface area contributed by atoms with Crippen LogP contribution in [-0.2, 0) is 9.47 Å². The van der Waals surface area contributed by atoms with Crippen LogP contribution in [0.2, 0.25) is 0 Å². The summed E-state index contributed by atoms with van der Waals surface area (Å²) in [6.45, 7) is 6.10. The Bertz CT molecular complexity index is 377. The number of hydrogen-bond donors (Lipinski definition) is 2. The lowest BCUT2D eigenvalue weighted by Gasteiger charge is -2.26. The monoisotopic (exact) mass is 438 g/mol. The normalized spacial score (nSPS) is 31.0. The second-order valence-corrected chi connectivity index (χ2v) is 6.52. The smallest absolute Gasteiger partial charge is 0.191 e. The quantitative estimate of drug-likeness (QED) is 0.283. The molecule has 2 N–H and O–H groups in total. The predicted molar refractivity (Wildman–Crippen MR) is 103 cm³/mol. The lowest BCUT2D eigenvalue weighted by Crippen LogP contribution is -2.47. The Kier molecular flexibility index (Phi) is 8.35. The number of unbranched alkanes of at least 4 members (excludes halogenated alkanes) is 1. The van der Waals surface area contributed by atoms with Crippen molar-refractivity contribution in [2.45, 2.75) is 50.4 Å². The Balaban J connectivity index is 0.00000192. The molecule has 3 fully saturated rings. The van der Waals surface area contributed by atoms with E-state index in [0.29, 0.717) is 18.2 Å². The number of ether oxygens (including phenoxy) is 2. The fourth-order valence-corrected chi connectivity index (χ4v) is 3.65. The third-order valence-electron chi connectivity index (χ3n) is 4.95. The van der Waals surface area contributed by atoms with Crippen molar-refractivity contribution in [2.75, 3.05) is 46.4 Å². The molecule has 0 aromatic carbocycles. The van der Waals surface area contributed by atoms with Crippen molar-refractivity contribution in [3.63, 3.8) is 0 Å². The molecule has 0 radical (unpaired) electrons. The molecule has 2 bridgehead atoms. The molecular formula is C16H31IN4O2. The summed E-state index contributed by atoms with van der Waals surface area (Å²) in [5, 5.41) is 6.96. The van der Waals surface area contributed by atoms with Crippen molar-refractivity contribution >= 4 is 29.9 Å². The lowest BCUT2D eigenvalue weighted by atomic mass is 9.96. The van der Waals surface area contributed by atoms with Gasteiger partial charge in [-0.25, -0.2) is 0 Å². The molecule has 0 amide bonds. The maximum atomic E-state index is 5.88. The summed E-state index contributed by atoms with van der Waals surface area (Å²) in [7, 11) is 1.84. The number of guanidine groups is 1. The largest absolute Gasteiger partial charge is 0.379 e. The zero-order valence-electron chi connectivity index (χ0n) is 14.1. The number of halogens is 1. The molecule has 0 aromatic rings. The molecule has 3 aliphatic heterocycles. The molecule has 23 heavy (non-hydrogen) atoms. The highest BCUT2D eigenvalue weighted by Gasteiger charge is 2.41. The number of rotatable bonds is 6. The average molecular weight is 438 g/mol. The summed E-state index contributed by atoms with van der Waals surface area (Å²) >= 11 is 0. The van der Waals surface area contributed by atoms with Crippen LogP contribution < -0.4 is 10.6 Å². The SMILES string of the molecule is CN=C(NCCCCN1CCOCC1)NC1CC2CCC1O2.I. The van der Waals surface area contributed by atoms with E-state index in [9.17, 15) is 0 Å². The molecule has 6 nitrogen and oxygen atoms in total. The van der Waals surface area contributed by atoms with Crippen LogP contribution in [0.1, 0.15) is 32.1 Å². The number of fused-ring (bicyclic) bond motifs is 2. The van der Waals surface area contributed by atoms with Gasteiger partial charge in [0.1, 0.15) is 0 Å². The number of aliphatic imine (C=N–C) groups is 1. The Labute approximate surface area is 156 Å². The molecule has 7 heteroatoms. The Morgan fingerprint density at radius 1 is 1.22 bits per heavy atom. The summed E-state index contributed by atoms with van der Waals surface area (Å²) < 4.78 is 11.2. The van der Waals surface area contributed by atoms with Gasteiger partial charge in [0.2, 0.25) is 0 Å². The summed E-state index contributed by atoms with van der Waals surface area (Å²) in [5.74, 6) is 0.924. The van der Waals surface area contributed by atoms with Gasteiger partial charge < -0.3 is 20.1 Å². The lowest BCUT2D eigenvalue weighted by molar-refractivity contribution is 0.0372. The van der Waals surface area contributed by atoms with Crippen molar-refractivity contribution in [3.05, 3.63) is 0 Å². The van der Waals surface area contributed by atoms with Crippen molar-refractivity contribution < 1.29 is 9.47 Å². The van der Waals surface area contributed by atoms with E-state index >= 15 is 0 Å². The van der Waals surface area contributed by atoms with Gasteiger partial charge in [-0.15, -0.1) is 24.0 Å². The molecule has 3 unspecified atom stereocenters. The minimum absolute atomic E-state index is 0. The third-order valence-corrected chi connectivity index (χ3v) is 4.95. The van der Waals surface area contributed by atoms with Gasteiger partial charge in [0, 0.05) is 26.7 Å². The van der Waals surface area contributed by atoms with Gasteiger partial charge in [-0.05, 0) is 38.6 Å². The highest BCUT2D eigenvalue weighted by molar-refractivity contribution is 14.0. The third kappa shape index (κ3) is 5.72. The van der Waals surface area contributed by atoms with Gasteiger partial charge in [0.05, 0.1) is 31.5 Å². The van der Waals surface area contributed by atoms with Crippen LogP contribution in [0, 0.1) is 0 Å². The first-order valence-corrected chi connectivity index (χ1v) is 8.78. The van der Waals surface area contributed by atoms with Gasteiger partial charge in [0.25, 0.3) is 0 Å². The highest BCUT2D eigenvalue weighted by Crippen LogP contribution is 2.34. The summed E-state index contributed by atoms with van der Waals surface area (Å²) in [5.41, 5.74) is 0. The fraction of sp³-hybridized carbons (Fsp3) is 0.938. The molecule has 3 saturated heterocycles. The standard InChI is InChI=1S/C16H30N4O2.HI/c1-17-16(19-14-12-13-4-5-15(14)22-13)18-6-2-3-7-20-8-10-21-11-9-20;/h13-15H,2-12H2,1H3,(H2,17,18,19);1H. The maximum absolute atomic E-state index is 5.88. The molecular weight excluding hydrogens is 407 g/mol. The predicted octanol–water partition coefficient (Wildman–Crippen LogP) is 1.20. The summed E-state index contributed by atoms with van der Waals surface area (Å²) in [6, 6.07) is 0.443. The Morgan fingerprint density at radius 2 is 2.04 bits per heavy atom. The second-order valence-electron chi connectivity index (χ2n) is 6.52. The zero-order chi connectivity index (χ0) is 15.2. The molecule has 0 aliphatic carbocycles. The van der Waals surface area contributed by atoms with E-state index in [2.05, 4.69) is 20.5 Å². The minimum Gasteiger partial charge on any atom is -0.379 e. The fourth-order valence-electron chi connectivity index (χ4n) is 3.65. The van der Waals surface area contributed by atoms with Crippen molar-refractivity contribution in [1.29, 1.82) is 0 Å². The van der Waals surface area contributed by atoms with Gasteiger partial charge >= 0.3 is 0 Å².